The fourth-order valence-corrected chi connectivity index (χ4v) is 3.77. The van der Waals surface area contributed by atoms with Crippen LogP contribution in [0.1, 0.15) is 0 Å². The first-order chi connectivity index (χ1) is 17.6. The molecule has 0 saturated carbocycles. The van der Waals surface area contributed by atoms with Crippen molar-refractivity contribution in [2.24, 2.45) is 0 Å². The summed E-state index contributed by atoms with van der Waals surface area (Å²) in [6, 6.07) is 11.0. The largest absolute Gasteiger partial charge is 0.493 e. The van der Waals surface area contributed by atoms with E-state index in [4.69, 9.17) is 28.4 Å². The molecule has 2 aromatic heterocycles. The summed E-state index contributed by atoms with van der Waals surface area (Å²) < 4.78 is 32.7. The van der Waals surface area contributed by atoms with E-state index in [9.17, 15) is 0 Å². The maximum atomic E-state index is 5.48. The Hall–Kier alpha value is -4.60. The first kappa shape index (κ1) is 24.5. The maximum Gasteiger partial charge on any atom is 0.203 e. The van der Waals surface area contributed by atoms with Crippen LogP contribution < -0.4 is 28.4 Å². The van der Waals surface area contributed by atoms with Gasteiger partial charge in [-0.2, -0.15) is 0 Å². The highest BCUT2D eigenvalue weighted by atomic mass is 16.5. The highest BCUT2D eigenvalue weighted by Gasteiger charge is 2.17. The molecule has 10 heteroatoms. The lowest BCUT2D eigenvalue weighted by molar-refractivity contribution is 0.324. The minimum atomic E-state index is 0.504. The summed E-state index contributed by atoms with van der Waals surface area (Å²) in [5.74, 6) is 3.11. The molecule has 0 aliphatic carbocycles. The van der Waals surface area contributed by atoms with Crippen LogP contribution in [0.25, 0.3) is 33.9 Å². The second kappa shape index (κ2) is 10.8. The van der Waals surface area contributed by atoms with Crippen LogP contribution in [-0.4, -0.2) is 62.6 Å². The van der Waals surface area contributed by atoms with Crippen molar-refractivity contribution in [1.82, 2.24) is 19.9 Å². The quantitative estimate of drug-likeness (QED) is 0.337. The normalized spacial score (nSPS) is 10.5. The second-order valence-electron chi connectivity index (χ2n) is 7.41. The van der Waals surface area contributed by atoms with Crippen molar-refractivity contribution < 1.29 is 28.4 Å². The van der Waals surface area contributed by atoms with Crippen LogP contribution in [0.2, 0.25) is 0 Å². The van der Waals surface area contributed by atoms with Gasteiger partial charge in [0.05, 0.1) is 65.4 Å². The SMILES string of the molecule is COc1cc(-c2cc(-c3cc(-c4cc(OC)c(OC)c(OC)c4)ncn3)ncn2)cc(OC)c1OC. The zero-order valence-corrected chi connectivity index (χ0v) is 20.9. The number of ether oxygens (including phenoxy) is 6. The number of benzene rings is 2. The average molecular weight is 491 g/mol. The molecule has 0 spiro atoms. The zero-order valence-electron chi connectivity index (χ0n) is 20.9. The molecule has 0 N–H and O–H groups in total. The number of methoxy groups -OCH3 is 6. The molecular formula is C26H26N4O6. The fraction of sp³-hybridized carbons (Fsp3) is 0.231. The zero-order chi connectivity index (χ0) is 25.7. The average Bonchev–Trinajstić information content (AvgIpc) is 2.95. The van der Waals surface area contributed by atoms with E-state index in [0.29, 0.717) is 57.3 Å². The molecule has 4 aromatic rings. The Labute approximate surface area is 208 Å². The van der Waals surface area contributed by atoms with Crippen molar-refractivity contribution in [3.8, 4) is 68.4 Å². The molecule has 2 heterocycles. The monoisotopic (exact) mass is 490 g/mol. The van der Waals surface area contributed by atoms with Crippen molar-refractivity contribution in [2.75, 3.05) is 42.7 Å². The molecule has 0 bridgehead atoms. The van der Waals surface area contributed by atoms with Crippen molar-refractivity contribution in [1.29, 1.82) is 0 Å². The lowest BCUT2D eigenvalue weighted by atomic mass is 10.1. The van der Waals surface area contributed by atoms with Crippen LogP contribution in [-0.2, 0) is 0 Å². The summed E-state index contributed by atoms with van der Waals surface area (Å²) in [6.45, 7) is 0. The third-order valence-electron chi connectivity index (χ3n) is 5.52. The molecule has 0 atom stereocenters. The first-order valence-corrected chi connectivity index (χ1v) is 10.8. The van der Waals surface area contributed by atoms with E-state index in [1.807, 2.05) is 36.4 Å². The Morgan fingerprint density at radius 1 is 0.389 bits per heavy atom. The summed E-state index contributed by atoms with van der Waals surface area (Å²) in [7, 11) is 9.39. The molecule has 4 rings (SSSR count). The molecule has 0 saturated heterocycles. The van der Waals surface area contributed by atoms with Crippen LogP contribution in [0, 0.1) is 0 Å². The predicted molar refractivity (Wildman–Crippen MR) is 133 cm³/mol. The third-order valence-corrected chi connectivity index (χ3v) is 5.52. The Bertz CT molecular complexity index is 1220. The lowest BCUT2D eigenvalue weighted by Gasteiger charge is -2.14. The van der Waals surface area contributed by atoms with E-state index < -0.39 is 0 Å². The molecule has 186 valence electrons. The van der Waals surface area contributed by atoms with Gasteiger partial charge < -0.3 is 28.4 Å². The molecule has 0 radical (unpaired) electrons. The van der Waals surface area contributed by atoms with Gasteiger partial charge in [-0.3, -0.25) is 0 Å². The predicted octanol–water partition coefficient (Wildman–Crippen LogP) is 4.32. The van der Waals surface area contributed by atoms with Crippen molar-refractivity contribution in [3.63, 3.8) is 0 Å². The molecule has 2 aromatic carbocycles. The highest BCUT2D eigenvalue weighted by molar-refractivity contribution is 5.74. The maximum absolute atomic E-state index is 5.48. The van der Waals surface area contributed by atoms with Gasteiger partial charge in [0.2, 0.25) is 11.5 Å². The molecule has 10 nitrogen and oxygen atoms in total. The number of rotatable bonds is 9. The third kappa shape index (κ3) is 4.65. The molecule has 0 aliphatic heterocycles. The Morgan fingerprint density at radius 2 is 0.694 bits per heavy atom. The van der Waals surface area contributed by atoms with Gasteiger partial charge in [-0.05, 0) is 36.4 Å². The van der Waals surface area contributed by atoms with Gasteiger partial charge in [-0.25, -0.2) is 19.9 Å². The van der Waals surface area contributed by atoms with Crippen LogP contribution in [0.15, 0.2) is 49.1 Å². The van der Waals surface area contributed by atoms with Gasteiger partial charge in [0.25, 0.3) is 0 Å². The number of hydrogen-bond donors (Lipinski definition) is 0. The van der Waals surface area contributed by atoms with Gasteiger partial charge >= 0.3 is 0 Å². The molecule has 0 amide bonds. The highest BCUT2D eigenvalue weighted by Crippen LogP contribution is 2.42. The fourth-order valence-electron chi connectivity index (χ4n) is 3.77. The van der Waals surface area contributed by atoms with Crippen LogP contribution in [0.4, 0.5) is 0 Å². The summed E-state index contributed by atoms with van der Waals surface area (Å²) >= 11 is 0. The topological polar surface area (TPSA) is 107 Å². The number of nitrogens with zero attached hydrogens (tertiary/aromatic N) is 4. The van der Waals surface area contributed by atoms with Gasteiger partial charge in [0, 0.05) is 11.1 Å². The van der Waals surface area contributed by atoms with Crippen LogP contribution in [0.3, 0.4) is 0 Å². The minimum Gasteiger partial charge on any atom is -0.493 e. The number of aromatic nitrogens is 4. The van der Waals surface area contributed by atoms with E-state index >= 15 is 0 Å². The molecule has 0 aliphatic rings. The molecular weight excluding hydrogens is 464 g/mol. The smallest absolute Gasteiger partial charge is 0.203 e. The minimum absolute atomic E-state index is 0.504. The Kier molecular flexibility index (Phi) is 7.33. The van der Waals surface area contributed by atoms with Crippen LogP contribution in [0.5, 0.6) is 34.5 Å². The van der Waals surface area contributed by atoms with E-state index in [1.165, 1.54) is 12.7 Å². The van der Waals surface area contributed by atoms with Crippen molar-refractivity contribution >= 4 is 0 Å². The summed E-state index contributed by atoms with van der Waals surface area (Å²) in [5.41, 5.74) is 4.09. The lowest BCUT2D eigenvalue weighted by Crippen LogP contribution is -1.98. The summed E-state index contributed by atoms with van der Waals surface area (Å²) in [4.78, 5) is 17.7. The van der Waals surface area contributed by atoms with E-state index in [1.54, 1.807) is 42.7 Å². The van der Waals surface area contributed by atoms with Crippen molar-refractivity contribution in [2.45, 2.75) is 0 Å². The van der Waals surface area contributed by atoms with E-state index in [-0.39, 0.29) is 0 Å². The molecule has 0 fully saturated rings. The first-order valence-electron chi connectivity index (χ1n) is 10.8. The van der Waals surface area contributed by atoms with Crippen LogP contribution >= 0.6 is 0 Å². The summed E-state index contributed by atoms with van der Waals surface area (Å²) in [6.07, 6.45) is 2.96. The molecule has 36 heavy (non-hydrogen) atoms. The molecule has 0 unspecified atom stereocenters. The van der Waals surface area contributed by atoms with Crippen molar-refractivity contribution in [3.05, 3.63) is 49.1 Å². The summed E-state index contributed by atoms with van der Waals surface area (Å²) in [5, 5.41) is 0. The number of hydrogen-bond acceptors (Lipinski definition) is 10. The Balaban J connectivity index is 1.76. The standard InChI is InChI=1S/C26H26N4O6/c1-31-21-7-15(8-22(32-2)25(21)35-5)17-11-19(29-13-27-17)20-12-18(28-14-30-20)16-9-23(33-3)26(36-6)24(10-16)34-4/h7-14H,1-6H3. The van der Waals surface area contributed by atoms with Gasteiger partial charge in [-0.15, -0.1) is 0 Å². The van der Waals surface area contributed by atoms with Gasteiger partial charge in [0.15, 0.2) is 23.0 Å². The van der Waals surface area contributed by atoms with Gasteiger partial charge in [-0.1, -0.05) is 0 Å². The Morgan fingerprint density at radius 3 is 0.972 bits per heavy atom. The van der Waals surface area contributed by atoms with Gasteiger partial charge in [0.1, 0.15) is 12.7 Å². The van der Waals surface area contributed by atoms with E-state index in [0.717, 1.165) is 11.1 Å². The second-order valence-corrected chi connectivity index (χ2v) is 7.41. The van der Waals surface area contributed by atoms with E-state index in [2.05, 4.69) is 19.9 Å².